The molecule has 4 nitrogen and oxygen atoms in total. The van der Waals surface area contributed by atoms with E-state index in [2.05, 4.69) is 10.2 Å². The van der Waals surface area contributed by atoms with Crippen LogP contribution in [0.2, 0.25) is 0 Å². The lowest BCUT2D eigenvalue weighted by Gasteiger charge is -2.07. The molecule has 0 unspecified atom stereocenters. The molecule has 1 aromatic carbocycles. The third-order valence-electron chi connectivity index (χ3n) is 2.47. The van der Waals surface area contributed by atoms with Crippen molar-refractivity contribution >= 4 is 5.97 Å². The van der Waals surface area contributed by atoms with E-state index >= 15 is 0 Å². The second-order valence-corrected chi connectivity index (χ2v) is 3.45. The molecule has 1 saturated heterocycles. The normalized spacial score (nSPS) is 25.1. The largest absolute Gasteiger partial charge is 0.467 e. The van der Waals surface area contributed by atoms with Gasteiger partial charge in [-0.1, -0.05) is 30.3 Å². The minimum Gasteiger partial charge on any atom is -0.467 e. The van der Waals surface area contributed by atoms with Crippen molar-refractivity contribution in [2.24, 2.45) is 0 Å². The van der Waals surface area contributed by atoms with E-state index in [-0.39, 0.29) is 12.0 Å². The zero-order valence-corrected chi connectivity index (χ0v) is 8.47. The number of esters is 1. The molecule has 0 bridgehead atoms. The molecule has 0 radical (unpaired) electrons. The number of carbonyl (C=O) groups is 1. The molecule has 0 amide bonds. The number of nitrogens with one attached hydrogen (secondary N) is 1. The summed E-state index contributed by atoms with van der Waals surface area (Å²) >= 11 is 0. The predicted octanol–water partition coefficient (Wildman–Crippen LogP) is 1.19. The number of benzene rings is 1. The first-order chi connectivity index (χ1) is 7.31. The van der Waals surface area contributed by atoms with Gasteiger partial charge in [-0.15, -0.1) is 0 Å². The minimum atomic E-state index is -0.500. The van der Waals surface area contributed by atoms with Gasteiger partial charge in [-0.05, 0) is 5.56 Å². The van der Waals surface area contributed by atoms with Crippen LogP contribution in [0.1, 0.15) is 18.0 Å². The first-order valence-corrected chi connectivity index (χ1v) is 4.85. The Balaban J connectivity index is 2.02. The van der Waals surface area contributed by atoms with Crippen LogP contribution in [0.25, 0.3) is 0 Å². The van der Waals surface area contributed by atoms with Crippen molar-refractivity contribution in [1.82, 2.24) is 5.48 Å². The summed E-state index contributed by atoms with van der Waals surface area (Å²) < 4.78 is 4.61. The first kappa shape index (κ1) is 10.1. The zero-order chi connectivity index (χ0) is 10.7. The lowest BCUT2D eigenvalue weighted by molar-refractivity contribution is -0.154. The highest BCUT2D eigenvalue weighted by molar-refractivity contribution is 5.74. The Labute approximate surface area is 88.1 Å². The maximum atomic E-state index is 11.2. The zero-order valence-electron chi connectivity index (χ0n) is 8.47. The molecule has 0 aliphatic carbocycles. The third kappa shape index (κ3) is 2.16. The SMILES string of the molecule is COC(=O)[C@H]1C[C@H](c2ccccc2)NO1. The van der Waals surface area contributed by atoms with Gasteiger partial charge in [-0.3, -0.25) is 4.84 Å². The highest BCUT2D eigenvalue weighted by atomic mass is 16.7. The molecule has 0 spiro atoms. The van der Waals surface area contributed by atoms with Crippen molar-refractivity contribution in [3.8, 4) is 0 Å². The van der Waals surface area contributed by atoms with Crippen molar-refractivity contribution in [3.63, 3.8) is 0 Å². The predicted molar refractivity (Wildman–Crippen MR) is 53.8 cm³/mol. The van der Waals surface area contributed by atoms with Gasteiger partial charge in [0.1, 0.15) is 0 Å². The topological polar surface area (TPSA) is 47.6 Å². The number of carbonyl (C=O) groups excluding carboxylic acids is 1. The maximum Gasteiger partial charge on any atom is 0.337 e. The molecule has 4 heteroatoms. The molecular weight excluding hydrogens is 194 g/mol. The summed E-state index contributed by atoms with van der Waals surface area (Å²) in [5.74, 6) is -0.332. The number of hydrogen-bond donors (Lipinski definition) is 1. The molecule has 0 aromatic heterocycles. The average Bonchev–Trinajstić information content (AvgIpc) is 2.78. The van der Waals surface area contributed by atoms with E-state index in [1.807, 2.05) is 30.3 Å². The van der Waals surface area contributed by atoms with E-state index in [1.54, 1.807) is 0 Å². The first-order valence-electron chi connectivity index (χ1n) is 4.85. The molecule has 1 aromatic rings. The van der Waals surface area contributed by atoms with Crippen molar-refractivity contribution < 1.29 is 14.4 Å². The van der Waals surface area contributed by atoms with Gasteiger partial charge in [0.15, 0.2) is 6.10 Å². The average molecular weight is 207 g/mol. The fourth-order valence-electron chi connectivity index (χ4n) is 1.64. The Morgan fingerprint density at radius 3 is 2.87 bits per heavy atom. The Hall–Kier alpha value is -1.39. The van der Waals surface area contributed by atoms with Gasteiger partial charge in [0.05, 0.1) is 13.2 Å². The standard InChI is InChI=1S/C11H13NO3/c1-14-11(13)10-7-9(12-15-10)8-5-3-2-4-6-8/h2-6,9-10,12H,7H2,1H3/t9-,10-/m1/s1. The molecule has 15 heavy (non-hydrogen) atoms. The van der Waals surface area contributed by atoms with Gasteiger partial charge in [-0.25, -0.2) is 4.79 Å². The van der Waals surface area contributed by atoms with Crippen LogP contribution in [0.4, 0.5) is 0 Å². The van der Waals surface area contributed by atoms with E-state index in [1.165, 1.54) is 7.11 Å². The lowest BCUT2D eigenvalue weighted by atomic mass is 10.0. The molecule has 1 aliphatic rings. The van der Waals surface area contributed by atoms with Crippen molar-refractivity contribution in [2.45, 2.75) is 18.6 Å². The Bertz CT molecular complexity index is 339. The van der Waals surface area contributed by atoms with E-state index < -0.39 is 6.10 Å². The lowest BCUT2D eigenvalue weighted by Crippen LogP contribution is -2.22. The summed E-state index contributed by atoms with van der Waals surface area (Å²) in [6.45, 7) is 0. The number of hydroxylamine groups is 1. The summed E-state index contributed by atoms with van der Waals surface area (Å²) in [7, 11) is 1.36. The van der Waals surface area contributed by atoms with Gasteiger partial charge in [-0.2, -0.15) is 5.48 Å². The number of rotatable bonds is 2. The quantitative estimate of drug-likeness (QED) is 0.740. The molecule has 0 saturated carbocycles. The molecule has 2 atom stereocenters. The summed E-state index contributed by atoms with van der Waals surface area (Å²) in [6.07, 6.45) is 0.108. The third-order valence-corrected chi connectivity index (χ3v) is 2.47. The van der Waals surface area contributed by atoms with Gasteiger partial charge in [0.2, 0.25) is 0 Å². The van der Waals surface area contributed by atoms with Crippen LogP contribution in [-0.2, 0) is 14.4 Å². The fraction of sp³-hybridized carbons (Fsp3) is 0.364. The van der Waals surface area contributed by atoms with Crippen molar-refractivity contribution in [3.05, 3.63) is 35.9 Å². The van der Waals surface area contributed by atoms with Crippen LogP contribution in [0.3, 0.4) is 0 Å². The molecule has 2 rings (SSSR count). The summed E-state index contributed by atoms with van der Waals surface area (Å²) in [5, 5.41) is 0. The summed E-state index contributed by atoms with van der Waals surface area (Å²) in [4.78, 5) is 16.4. The van der Waals surface area contributed by atoms with Crippen LogP contribution in [-0.4, -0.2) is 19.2 Å². The summed E-state index contributed by atoms with van der Waals surface area (Å²) in [5.41, 5.74) is 3.95. The van der Waals surface area contributed by atoms with Crippen LogP contribution in [0.5, 0.6) is 0 Å². The molecule has 1 heterocycles. The van der Waals surface area contributed by atoms with Gasteiger partial charge < -0.3 is 4.74 Å². The van der Waals surface area contributed by atoms with Crippen LogP contribution in [0.15, 0.2) is 30.3 Å². The number of ether oxygens (including phenoxy) is 1. The smallest absolute Gasteiger partial charge is 0.337 e. The fourth-order valence-corrected chi connectivity index (χ4v) is 1.64. The highest BCUT2D eigenvalue weighted by Gasteiger charge is 2.32. The second-order valence-electron chi connectivity index (χ2n) is 3.45. The van der Waals surface area contributed by atoms with Crippen molar-refractivity contribution in [2.75, 3.05) is 7.11 Å². The maximum absolute atomic E-state index is 11.2. The van der Waals surface area contributed by atoms with Gasteiger partial charge >= 0.3 is 5.97 Å². The number of hydrogen-bond acceptors (Lipinski definition) is 4. The Morgan fingerprint density at radius 2 is 2.20 bits per heavy atom. The second kappa shape index (κ2) is 4.42. The summed E-state index contributed by atoms with van der Waals surface area (Å²) in [6, 6.07) is 9.94. The monoisotopic (exact) mass is 207 g/mol. The molecule has 1 N–H and O–H groups in total. The Kier molecular flexibility index (Phi) is 2.99. The molecule has 1 aliphatic heterocycles. The highest BCUT2D eigenvalue weighted by Crippen LogP contribution is 2.25. The minimum absolute atomic E-state index is 0.0651. The molecule has 1 fully saturated rings. The van der Waals surface area contributed by atoms with Gasteiger partial charge in [0.25, 0.3) is 0 Å². The van der Waals surface area contributed by atoms with E-state index in [9.17, 15) is 4.79 Å². The van der Waals surface area contributed by atoms with Crippen LogP contribution in [0, 0.1) is 0 Å². The van der Waals surface area contributed by atoms with Crippen molar-refractivity contribution in [1.29, 1.82) is 0 Å². The Morgan fingerprint density at radius 1 is 1.47 bits per heavy atom. The van der Waals surface area contributed by atoms with Gasteiger partial charge in [0, 0.05) is 6.42 Å². The molecular formula is C11H13NO3. The van der Waals surface area contributed by atoms with E-state index in [0.29, 0.717) is 6.42 Å². The van der Waals surface area contributed by atoms with Crippen LogP contribution >= 0.6 is 0 Å². The molecule has 80 valence electrons. The van der Waals surface area contributed by atoms with E-state index in [0.717, 1.165) is 5.56 Å². The van der Waals surface area contributed by atoms with Crippen LogP contribution < -0.4 is 5.48 Å². The van der Waals surface area contributed by atoms with E-state index in [4.69, 9.17) is 4.84 Å². The number of methoxy groups -OCH3 is 1.